The molecule has 0 saturated heterocycles. The normalized spacial score (nSPS) is 12.2. The lowest BCUT2D eigenvalue weighted by atomic mass is 10.0. The van der Waals surface area contributed by atoms with Crippen LogP contribution in [-0.4, -0.2) is 12.1 Å². The van der Waals surface area contributed by atoms with Gasteiger partial charge in [0.2, 0.25) is 0 Å². The lowest BCUT2D eigenvalue weighted by Crippen LogP contribution is -2.17. The number of hydrogen-bond acceptors (Lipinski definition) is 3. The molecule has 0 saturated carbocycles. The summed E-state index contributed by atoms with van der Waals surface area (Å²) in [5.41, 5.74) is 7.25. The molecule has 2 rings (SSSR count). The number of halogens is 2. The van der Waals surface area contributed by atoms with Crippen LogP contribution in [0.25, 0.3) is 0 Å². The number of nitrogens with two attached hydrogens (primary N) is 1. The van der Waals surface area contributed by atoms with Crippen LogP contribution in [0.1, 0.15) is 17.3 Å². The van der Waals surface area contributed by atoms with E-state index in [4.69, 9.17) is 10.5 Å². The number of pyridine rings is 1. The zero-order chi connectivity index (χ0) is 13.8. The third-order valence-electron chi connectivity index (χ3n) is 2.83. The first-order valence-electron chi connectivity index (χ1n) is 5.80. The Morgan fingerprint density at radius 2 is 2.21 bits per heavy atom. The average Bonchev–Trinajstić information content (AvgIpc) is 2.41. The van der Waals surface area contributed by atoms with Gasteiger partial charge in [0.1, 0.15) is 11.6 Å². The van der Waals surface area contributed by atoms with E-state index in [0.29, 0.717) is 6.42 Å². The van der Waals surface area contributed by atoms with Crippen molar-refractivity contribution < 1.29 is 9.13 Å². The summed E-state index contributed by atoms with van der Waals surface area (Å²) in [4.78, 5) is 4.00. The SMILES string of the molecule is COc1ccc(Br)c(CC(N)c2ncccc2F)c1. The molecule has 0 aliphatic rings. The van der Waals surface area contributed by atoms with Crippen LogP contribution >= 0.6 is 15.9 Å². The predicted octanol–water partition coefficient (Wildman–Crippen LogP) is 3.23. The van der Waals surface area contributed by atoms with E-state index in [1.807, 2.05) is 18.2 Å². The molecule has 0 aliphatic carbocycles. The van der Waals surface area contributed by atoms with E-state index in [1.54, 1.807) is 19.4 Å². The fourth-order valence-electron chi connectivity index (χ4n) is 1.84. The quantitative estimate of drug-likeness (QED) is 0.939. The third-order valence-corrected chi connectivity index (χ3v) is 3.60. The van der Waals surface area contributed by atoms with E-state index in [-0.39, 0.29) is 11.5 Å². The Morgan fingerprint density at radius 3 is 2.89 bits per heavy atom. The van der Waals surface area contributed by atoms with E-state index < -0.39 is 6.04 Å². The number of methoxy groups -OCH3 is 1. The summed E-state index contributed by atoms with van der Waals surface area (Å²) in [7, 11) is 1.60. The third kappa shape index (κ3) is 3.30. The molecule has 2 N–H and O–H groups in total. The highest BCUT2D eigenvalue weighted by molar-refractivity contribution is 9.10. The summed E-state index contributed by atoms with van der Waals surface area (Å²) in [5.74, 6) is 0.362. The zero-order valence-corrected chi connectivity index (χ0v) is 12.0. The van der Waals surface area contributed by atoms with Crippen molar-refractivity contribution in [2.75, 3.05) is 7.11 Å². The highest BCUT2D eigenvalue weighted by atomic mass is 79.9. The second kappa shape index (κ2) is 6.12. The lowest BCUT2D eigenvalue weighted by Gasteiger charge is -2.14. The van der Waals surface area contributed by atoms with Crippen LogP contribution < -0.4 is 10.5 Å². The van der Waals surface area contributed by atoms with E-state index >= 15 is 0 Å². The minimum atomic E-state index is -0.496. The summed E-state index contributed by atoms with van der Waals surface area (Å²) < 4.78 is 19.7. The molecule has 0 aliphatic heterocycles. The molecule has 5 heteroatoms. The van der Waals surface area contributed by atoms with Gasteiger partial charge in [0, 0.05) is 10.7 Å². The minimum Gasteiger partial charge on any atom is -0.497 e. The summed E-state index contributed by atoms with van der Waals surface area (Å²) in [6.45, 7) is 0. The highest BCUT2D eigenvalue weighted by Gasteiger charge is 2.15. The standard InChI is InChI=1S/C14H14BrFN2O/c1-19-10-4-5-11(15)9(7-10)8-13(17)14-12(16)3-2-6-18-14/h2-7,13H,8,17H2,1H3. The van der Waals surface area contributed by atoms with Crippen molar-refractivity contribution in [3.63, 3.8) is 0 Å². The molecule has 0 radical (unpaired) electrons. The first-order chi connectivity index (χ1) is 9.11. The van der Waals surface area contributed by atoms with Gasteiger partial charge in [-0.05, 0) is 42.3 Å². The monoisotopic (exact) mass is 324 g/mol. The van der Waals surface area contributed by atoms with Crippen LogP contribution in [0.5, 0.6) is 5.75 Å². The molecular weight excluding hydrogens is 311 g/mol. The molecule has 19 heavy (non-hydrogen) atoms. The molecule has 0 amide bonds. The van der Waals surface area contributed by atoms with E-state index in [2.05, 4.69) is 20.9 Å². The highest BCUT2D eigenvalue weighted by Crippen LogP contribution is 2.26. The molecule has 3 nitrogen and oxygen atoms in total. The molecule has 100 valence electrons. The summed E-state index contributed by atoms with van der Waals surface area (Å²) in [6.07, 6.45) is 2.02. The van der Waals surface area contributed by atoms with Gasteiger partial charge in [-0.2, -0.15) is 0 Å². The van der Waals surface area contributed by atoms with Crippen LogP contribution in [0.4, 0.5) is 4.39 Å². The molecule has 1 aromatic carbocycles. The number of rotatable bonds is 4. The van der Waals surface area contributed by atoms with Crippen molar-refractivity contribution in [1.29, 1.82) is 0 Å². The van der Waals surface area contributed by atoms with Crippen LogP contribution in [0.15, 0.2) is 41.0 Å². The summed E-state index contributed by atoms with van der Waals surface area (Å²) in [5, 5.41) is 0. The number of nitrogens with zero attached hydrogens (tertiary/aromatic N) is 1. The van der Waals surface area contributed by atoms with Crippen LogP contribution in [0.3, 0.4) is 0 Å². The van der Waals surface area contributed by atoms with E-state index in [9.17, 15) is 4.39 Å². The molecule has 0 bridgehead atoms. The number of hydrogen-bond donors (Lipinski definition) is 1. The topological polar surface area (TPSA) is 48.1 Å². The second-order valence-electron chi connectivity index (χ2n) is 4.14. The van der Waals surface area contributed by atoms with Crippen molar-refractivity contribution in [2.45, 2.75) is 12.5 Å². The Labute approximate surface area is 119 Å². The Bertz CT molecular complexity index is 577. The second-order valence-corrected chi connectivity index (χ2v) is 4.99. The van der Waals surface area contributed by atoms with E-state index in [1.165, 1.54) is 6.07 Å². The maximum atomic E-state index is 13.6. The van der Waals surface area contributed by atoms with Crippen molar-refractivity contribution >= 4 is 15.9 Å². The van der Waals surface area contributed by atoms with Gasteiger partial charge in [-0.25, -0.2) is 4.39 Å². The molecule has 1 aromatic heterocycles. The number of aromatic nitrogens is 1. The van der Waals surface area contributed by atoms with Gasteiger partial charge in [-0.3, -0.25) is 4.98 Å². The Morgan fingerprint density at radius 1 is 1.42 bits per heavy atom. The van der Waals surface area contributed by atoms with Gasteiger partial charge >= 0.3 is 0 Å². The first-order valence-corrected chi connectivity index (χ1v) is 6.59. The molecule has 1 heterocycles. The predicted molar refractivity (Wildman–Crippen MR) is 75.5 cm³/mol. The maximum absolute atomic E-state index is 13.6. The zero-order valence-electron chi connectivity index (χ0n) is 10.4. The minimum absolute atomic E-state index is 0.275. The van der Waals surface area contributed by atoms with Crippen LogP contribution in [0.2, 0.25) is 0 Å². The van der Waals surface area contributed by atoms with Gasteiger partial charge in [-0.15, -0.1) is 0 Å². The largest absolute Gasteiger partial charge is 0.497 e. The van der Waals surface area contributed by atoms with Gasteiger partial charge in [0.25, 0.3) is 0 Å². The van der Waals surface area contributed by atoms with Crippen molar-refractivity contribution in [3.8, 4) is 5.75 Å². The Hall–Kier alpha value is -1.46. The van der Waals surface area contributed by atoms with Gasteiger partial charge in [-0.1, -0.05) is 15.9 Å². The fourth-order valence-corrected chi connectivity index (χ4v) is 2.25. The molecular formula is C14H14BrFN2O. The average molecular weight is 325 g/mol. The first kappa shape index (κ1) is 14.0. The summed E-state index contributed by atoms with van der Waals surface area (Å²) >= 11 is 3.45. The van der Waals surface area contributed by atoms with Crippen molar-refractivity contribution in [2.24, 2.45) is 5.73 Å². The lowest BCUT2D eigenvalue weighted by molar-refractivity contribution is 0.414. The van der Waals surface area contributed by atoms with Crippen LogP contribution in [0, 0.1) is 5.82 Å². The maximum Gasteiger partial charge on any atom is 0.146 e. The molecule has 0 spiro atoms. The van der Waals surface area contributed by atoms with Gasteiger partial charge in [0.15, 0.2) is 0 Å². The van der Waals surface area contributed by atoms with Crippen molar-refractivity contribution in [3.05, 3.63) is 58.1 Å². The van der Waals surface area contributed by atoms with Gasteiger partial charge in [0.05, 0.1) is 18.8 Å². The molecule has 2 aromatic rings. The molecule has 1 atom stereocenters. The van der Waals surface area contributed by atoms with Crippen LogP contribution in [-0.2, 0) is 6.42 Å². The van der Waals surface area contributed by atoms with Gasteiger partial charge < -0.3 is 10.5 Å². The smallest absolute Gasteiger partial charge is 0.146 e. The molecule has 1 unspecified atom stereocenters. The number of benzene rings is 1. The molecule has 0 fully saturated rings. The van der Waals surface area contributed by atoms with Crippen molar-refractivity contribution in [1.82, 2.24) is 4.98 Å². The Kier molecular flexibility index (Phi) is 4.50. The summed E-state index contributed by atoms with van der Waals surface area (Å²) in [6, 6.07) is 8.03. The Balaban J connectivity index is 2.24. The van der Waals surface area contributed by atoms with E-state index in [0.717, 1.165) is 15.8 Å². The number of ether oxygens (including phenoxy) is 1. The fraction of sp³-hybridized carbons (Fsp3) is 0.214.